The molecule has 98 valence electrons. The molecule has 1 aromatic heterocycles. The van der Waals surface area contributed by atoms with Gasteiger partial charge in [0, 0.05) is 24.3 Å². The van der Waals surface area contributed by atoms with Crippen molar-refractivity contribution >= 4 is 0 Å². The minimum atomic E-state index is 0.705. The lowest BCUT2D eigenvalue weighted by Gasteiger charge is -2.14. The fraction of sp³-hybridized carbons (Fsp3) is 0.353. The van der Waals surface area contributed by atoms with Gasteiger partial charge in [-0.15, -0.1) is 0 Å². The van der Waals surface area contributed by atoms with Crippen LogP contribution >= 0.6 is 0 Å². The molecule has 1 aliphatic carbocycles. The molecule has 1 N–H and O–H groups in total. The van der Waals surface area contributed by atoms with Gasteiger partial charge >= 0.3 is 0 Å². The Kier molecular flexibility index (Phi) is 3.89. The molecule has 2 nitrogen and oxygen atoms in total. The Morgan fingerprint density at radius 1 is 1.00 bits per heavy atom. The van der Waals surface area contributed by atoms with Crippen LogP contribution in [0.3, 0.4) is 0 Å². The van der Waals surface area contributed by atoms with Crippen LogP contribution in [-0.2, 0) is 6.54 Å². The maximum atomic E-state index is 4.46. The summed E-state index contributed by atoms with van der Waals surface area (Å²) in [6, 6.07) is 15.3. The minimum absolute atomic E-state index is 0.705. The third-order valence-electron chi connectivity index (χ3n) is 3.89. The molecule has 19 heavy (non-hydrogen) atoms. The van der Waals surface area contributed by atoms with Crippen LogP contribution in [-0.4, -0.2) is 11.0 Å². The molecule has 0 bridgehead atoms. The van der Waals surface area contributed by atoms with E-state index >= 15 is 0 Å². The second kappa shape index (κ2) is 5.98. The van der Waals surface area contributed by atoms with Crippen molar-refractivity contribution < 1.29 is 0 Å². The lowest BCUT2D eigenvalue weighted by Crippen LogP contribution is -2.25. The van der Waals surface area contributed by atoms with E-state index < -0.39 is 0 Å². The Morgan fingerprint density at radius 3 is 2.58 bits per heavy atom. The van der Waals surface area contributed by atoms with Crippen molar-refractivity contribution in [3.8, 4) is 11.3 Å². The molecule has 0 spiro atoms. The molecule has 0 aliphatic heterocycles. The molecule has 1 saturated carbocycles. The number of nitrogens with zero attached hydrogens (tertiary/aromatic N) is 1. The average Bonchev–Trinajstić information content (AvgIpc) is 3.00. The average molecular weight is 252 g/mol. The fourth-order valence-electron chi connectivity index (χ4n) is 2.83. The topological polar surface area (TPSA) is 24.9 Å². The monoisotopic (exact) mass is 252 g/mol. The van der Waals surface area contributed by atoms with E-state index in [1.54, 1.807) is 0 Å². The Labute approximate surface area is 114 Å². The molecule has 1 aromatic carbocycles. The molecule has 1 aliphatic rings. The zero-order valence-corrected chi connectivity index (χ0v) is 11.2. The highest BCUT2D eigenvalue weighted by Gasteiger charge is 2.14. The van der Waals surface area contributed by atoms with Crippen molar-refractivity contribution in [2.75, 3.05) is 0 Å². The van der Waals surface area contributed by atoms with E-state index in [1.807, 2.05) is 18.3 Å². The fourth-order valence-corrected chi connectivity index (χ4v) is 2.83. The van der Waals surface area contributed by atoms with E-state index in [-0.39, 0.29) is 0 Å². The van der Waals surface area contributed by atoms with Crippen LogP contribution in [0.25, 0.3) is 11.3 Å². The van der Waals surface area contributed by atoms with Gasteiger partial charge in [-0.05, 0) is 30.5 Å². The third-order valence-corrected chi connectivity index (χ3v) is 3.89. The number of aromatic nitrogens is 1. The van der Waals surface area contributed by atoms with Gasteiger partial charge in [0.2, 0.25) is 0 Å². The molecule has 0 unspecified atom stereocenters. The zero-order chi connectivity index (χ0) is 12.9. The second-order valence-electron chi connectivity index (χ2n) is 5.23. The molecule has 1 fully saturated rings. The lowest BCUT2D eigenvalue weighted by atomic mass is 10.0. The molecule has 1 heterocycles. The SMILES string of the molecule is c1ccc(-c2ccccc2CNC2CCCC2)nc1. The van der Waals surface area contributed by atoms with E-state index in [9.17, 15) is 0 Å². The predicted octanol–water partition coefficient (Wildman–Crippen LogP) is 3.78. The first kappa shape index (κ1) is 12.4. The van der Waals surface area contributed by atoms with Crippen LogP contribution in [0.1, 0.15) is 31.2 Å². The van der Waals surface area contributed by atoms with Crippen molar-refractivity contribution in [1.82, 2.24) is 10.3 Å². The number of pyridine rings is 1. The highest BCUT2D eigenvalue weighted by Crippen LogP contribution is 2.23. The molecule has 2 heteroatoms. The highest BCUT2D eigenvalue weighted by molar-refractivity contribution is 5.63. The van der Waals surface area contributed by atoms with Crippen LogP contribution in [0.4, 0.5) is 0 Å². The number of benzene rings is 1. The van der Waals surface area contributed by atoms with Gasteiger partial charge < -0.3 is 5.32 Å². The van der Waals surface area contributed by atoms with Crippen molar-refractivity contribution in [3.05, 3.63) is 54.2 Å². The Hall–Kier alpha value is -1.67. The Morgan fingerprint density at radius 2 is 1.79 bits per heavy atom. The van der Waals surface area contributed by atoms with Gasteiger partial charge in [-0.1, -0.05) is 43.2 Å². The number of hydrogen-bond donors (Lipinski definition) is 1. The van der Waals surface area contributed by atoms with Gasteiger partial charge in [0.1, 0.15) is 0 Å². The maximum absolute atomic E-state index is 4.46. The predicted molar refractivity (Wildman–Crippen MR) is 78.8 cm³/mol. The summed E-state index contributed by atoms with van der Waals surface area (Å²) >= 11 is 0. The molecular weight excluding hydrogens is 232 g/mol. The maximum Gasteiger partial charge on any atom is 0.0705 e. The van der Waals surface area contributed by atoms with Crippen LogP contribution in [0, 0.1) is 0 Å². The summed E-state index contributed by atoms with van der Waals surface area (Å²) in [5.41, 5.74) is 3.65. The highest BCUT2D eigenvalue weighted by atomic mass is 14.9. The number of nitrogens with one attached hydrogen (secondary N) is 1. The molecule has 0 atom stereocenters. The van der Waals surface area contributed by atoms with Crippen molar-refractivity contribution in [3.63, 3.8) is 0 Å². The standard InChI is InChI=1S/C17H20N2/c1-4-10-16(17-11-5-6-12-18-17)14(7-1)13-19-15-8-2-3-9-15/h1,4-7,10-12,15,19H,2-3,8-9,13H2. The second-order valence-corrected chi connectivity index (χ2v) is 5.23. The third kappa shape index (κ3) is 3.02. The van der Waals surface area contributed by atoms with E-state index in [0.29, 0.717) is 6.04 Å². The van der Waals surface area contributed by atoms with E-state index in [1.165, 1.54) is 36.8 Å². The summed E-state index contributed by atoms with van der Waals surface area (Å²) in [7, 11) is 0. The molecule has 0 saturated heterocycles. The summed E-state index contributed by atoms with van der Waals surface area (Å²) in [6.45, 7) is 0.942. The van der Waals surface area contributed by atoms with E-state index in [0.717, 1.165) is 12.2 Å². The summed E-state index contributed by atoms with van der Waals surface area (Å²) in [5, 5.41) is 3.68. The summed E-state index contributed by atoms with van der Waals surface area (Å²) in [5.74, 6) is 0. The van der Waals surface area contributed by atoms with Crippen molar-refractivity contribution in [1.29, 1.82) is 0 Å². The van der Waals surface area contributed by atoms with Gasteiger partial charge in [-0.2, -0.15) is 0 Å². The smallest absolute Gasteiger partial charge is 0.0705 e. The largest absolute Gasteiger partial charge is 0.310 e. The van der Waals surface area contributed by atoms with Crippen LogP contribution in [0.5, 0.6) is 0 Å². The minimum Gasteiger partial charge on any atom is -0.310 e. The van der Waals surface area contributed by atoms with Crippen molar-refractivity contribution in [2.24, 2.45) is 0 Å². The summed E-state index contributed by atoms with van der Waals surface area (Å²) in [4.78, 5) is 4.46. The first-order valence-electron chi connectivity index (χ1n) is 7.16. The van der Waals surface area contributed by atoms with E-state index in [4.69, 9.17) is 0 Å². The molecular formula is C17H20N2. The Bertz CT molecular complexity index is 516. The van der Waals surface area contributed by atoms with Gasteiger partial charge in [0.05, 0.1) is 5.69 Å². The summed E-state index contributed by atoms with van der Waals surface area (Å²) in [6.07, 6.45) is 7.26. The quantitative estimate of drug-likeness (QED) is 0.895. The number of rotatable bonds is 4. The van der Waals surface area contributed by atoms with Crippen LogP contribution in [0.15, 0.2) is 48.7 Å². The van der Waals surface area contributed by atoms with Gasteiger partial charge in [0.15, 0.2) is 0 Å². The van der Waals surface area contributed by atoms with Crippen molar-refractivity contribution in [2.45, 2.75) is 38.3 Å². The Balaban J connectivity index is 1.77. The summed E-state index contributed by atoms with van der Waals surface area (Å²) < 4.78 is 0. The lowest BCUT2D eigenvalue weighted by molar-refractivity contribution is 0.524. The first-order valence-corrected chi connectivity index (χ1v) is 7.16. The molecule has 2 aromatic rings. The number of hydrogen-bond acceptors (Lipinski definition) is 2. The molecule has 0 amide bonds. The normalized spacial score (nSPS) is 15.8. The van der Waals surface area contributed by atoms with Gasteiger partial charge in [-0.3, -0.25) is 4.98 Å². The zero-order valence-electron chi connectivity index (χ0n) is 11.2. The van der Waals surface area contributed by atoms with Crippen LogP contribution in [0.2, 0.25) is 0 Å². The first-order chi connectivity index (χ1) is 9.43. The molecule has 3 rings (SSSR count). The van der Waals surface area contributed by atoms with E-state index in [2.05, 4.69) is 40.6 Å². The van der Waals surface area contributed by atoms with Gasteiger partial charge in [0.25, 0.3) is 0 Å². The molecule has 0 radical (unpaired) electrons. The van der Waals surface area contributed by atoms with Gasteiger partial charge in [-0.25, -0.2) is 0 Å². The van der Waals surface area contributed by atoms with Crippen LogP contribution < -0.4 is 5.32 Å².